The third-order valence-electron chi connectivity index (χ3n) is 4.52. The molecule has 4 rings (SSSR count). The highest BCUT2D eigenvalue weighted by molar-refractivity contribution is 7.90. The van der Waals surface area contributed by atoms with Gasteiger partial charge in [0.1, 0.15) is 11.9 Å². The number of ether oxygens (including phenoxy) is 1. The van der Waals surface area contributed by atoms with Gasteiger partial charge in [0, 0.05) is 5.56 Å². The molecule has 0 fully saturated rings. The van der Waals surface area contributed by atoms with Gasteiger partial charge >= 0.3 is 0 Å². The monoisotopic (exact) mass is 392 g/mol. The minimum atomic E-state index is -3.57. The number of hydrogen-bond acceptors (Lipinski definition) is 4. The lowest BCUT2D eigenvalue weighted by Gasteiger charge is -2.15. The summed E-state index contributed by atoms with van der Waals surface area (Å²) < 4.78 is 33.2. The summed E-state index contributed by atoms with van der Waals surface area (Å²) >= 11 is 0. The van der Waals surface area contributed by atoms with Crippen molar-refractivity contribution in [2.75, 3.05) is 6.61 Å². The number of benzene rings is 3. The Hall–Kier alpha value is -2.96. The Labute approximate surface area is 164 Å². The number of hydrogen-bond donors (Lipinski definition) is 1. The van der Waals surface area contributed by atoms with Crippen LogP contribution >= 0.6 is 0 Å². The van der Waals surface area contributed by atoms with Gasteiger partial charge in [-0.15, -0.1) is 0 Å². The van der Waals surface area contributed by atoms with Crippen molar-refractivity contribution in [3.8, 4) is 0 Å². The summed E-state index contributed by atoms with van der Waals surface area (Å²) in [6.45, 7) is 0.809. The van der Waals surface area contributed by atoms with Crippen molar-refractivity contribution in [1.82, 2.24) is 4.72 Å². The Balaban J connectivity index is 1.61. The van der Waals surface area contributed by atoms with Crippen LogP contribution in [-0.4, -0.2) is 20.9 Å². The van der Waals surface area contributed by atoms with Gasteiger partial charge in [-0.05, 0) is 23.3 Å². The van der Waals surface area contributed by atoms with Crippen LogP contribution in [0.2, 0.25) is 0 Å². The van der Waals surface area contributed by atoms with Crippen molar-refractivity contribution >= 4 is 15.9 Å². The highest BCUT2D eigenvalue weighted by Crippen LogP contribution is 2.26. The molecule has 3 aromatic rings. The van der Waals surface area contributed by atoms with Crippen molar-refractivity contribution in [1.29, 1.82) is 0 Å². The maximum Gasteiger partial charge on any atom is 0.263 e. The molecule has 0 bridgehead atoms. The largest absolute Gasteiger partial charge is 0.374 e. The predicted molar refractivity (Wildman–Crippen MR) is 109 cm³/mol. The normalized spacial score (nSPS) is 17.1. The zero-order chi connectivity index (χ0) is 19.4. The van der Waals surface area contributed by atoms with E-state index in [1.807, 2.05) is 60.7 Å². The fraction of sp³-hybridized carbons (Fsp3) is 0.136. The van der Waals surface area contributed by atoms with Gasteiger partial charge < -0.3 is 4.74 Å². The summed E-state index contributed by atoms with van der Waals surface area (Å²) in [6.07, 6.45) is 0. The van der Waals surface area contributed by atoms with E-state index in [0.29, 0.717) is 24.6 Å². The first kappa shape index (κ1) is 18.4. The quantitative estimate of drug-likeness (QED) is 0.696. The second kappa shape index (κ2) is 7.96. The third-order valence-corrected chi connectivity index (χ3v) is 5.92. The zero-order valence-electron chi connectivity index (χ0n) is 15.2. The van der Waals surface area contributed by atoms with Crippen LogP contribution in [0, 0.1) is 0 Å². The maximum atomic E-state index is 12.4. The van der Waals surface area contributed by atoms with Crippen LogP contribution in [0.4, 0.5) is 0 Å². The van der Waals surface area contributed by atoms with E-state index in [-0.39, 0.29) is 10.9 Å². The maximum absolute atomic E-state index is 12.4. The molecule has 0 radical (unpaired) electrons. The molecule has 0 aliphatic carbocycles. The van der Waals surface area contributed by atoms with E-state index in [2.05, 4.69) is 4.72 Å². The van der Waals surface area contributed by atoms with E-state index in [1.54, 1.807) is 24.3 Å². The molecule has 1 unspecified atom stereocenters. The Morgan fingerprint density at radius 2 is 1.50 bits per heavy atom. The molecule has 6 heteroatoms. The lowest BCUT2D eigenvalue weighted by atomic mass is 10.1. The molecule has 0 saturated carbocycles. The molecule has 1 aliphatic heterocycles. The standard InChI is InChI=1S/C22H20N2O3S/c25-28(26)21-14-8-7-13-19(21)22(24-28)23-20(18-11-5-2-6-12-18)16-27-15-17-9-3-1-4-10-17/h1-14,20H,15-16H2,(H,23,24). The van der Waals surface area contributed by atoms with E-state index in [4.69, 9.17) is 9.73 Å². The summed E-state index contributed by atoms with van der Waals surface area (Å²) in [5.41, 5.74) is 2.63. The molecule has 28 heavy (non-hydrogen) atoms. The molecule has 1 aliphatic rings. The molecule has 1 N–H and O–H groups in total. The van der Waals surface area contributed by atoms with Gasteiger partial charge in [-0.1, -0.05) is 72.8 Å². The molecule has 0 amide bonds. The van der Waals surface area contributed by atoms with Gasteiger partial charge in [-0.2, -0.15) is 0 Å². The molecule has 5 nitrogen and oxygen atoms in total. The van der Waals surface area contributed by atoms with Gasteiger partial charge in [-0.25, -0.2) is 8.42 Å². The first-order chi connectivity index (χ1) is 13.6. The number of amidine groups is 1. The second-order valence-corrected chi connectivity index (χ2v) is 8.16. The van der Waals surface area contributed by atoms with Crippen molar-refractivity contribution in [3.05, 3.63) is 102 Å². The van der Waals surface area contributed by atoms with Crippen LogP contribution in [0.1, 0.15) is 22.7 Å². The lowest BCUT2D eigenvalue weighted by molar-refractivity contribution is 0.108. The molecule has 1 heterocycles. The SMILES string of the molecule is O=S1(=O)NC(=NC(COCc2ccccc2)c2ccccc2)c2ccccc21. The summed E-state index contributed by atoms with van der Waals surface area (Å²) in [5, 5.41) is 0. The molecular weight excluding hydrogens is 372 g/mol. The van der Waals surface area contributed by atoms with Gasteiger partial charge in [0.05, 0.1) is 18.1 Å². The van der Waals surface area contributed by atoms with E-state index in [0.717, 1.165) is 11.1 Å². The van der Waals surface area contributed by atoms with Crippen LogP contribution in [0.3, 0.4) is 0 Å². The van der Waals surface area contributed by atoms with Crippen molar-refractivity contribution in [2.24, 2.45) is 4.99 Å². The molecule has 1 atom stereocenters. The fourth-order valence-electron chi connectivity index (χ4n) is 3.13. The van der Waals surface area contributed by atoms with E-state index in [1.165, 1.54) is 0 Å². The first-order valence-corrected chi connectivity index (χ1v) is 10.5. The molecule has 0 saturated heterocycles. The molecular formula is C22H20N2O3S. The topological polar surface area (TPSA) is 67.8 Å². The Kier molecular flexibility index (Phi) is 5.23. The number of nitrogens with one attached hydrogen (secondary N) is 1. The second-order valence-electron chi connectivity index (χ2n) is 6.51. The van der Waals surface area contributed by atoms with Crippen molar-refractivity contribution in [2.45, 2.75) is 17.5 Å². The first-order valence-electron chi connectivity index (χ1n) is 9.00. The number of sulfonamides is 1. The lowest BCUT2D eigenvalue weighted by Crippen LogP contribution is -2.23. The van der Waals surface area contributed by atoms with Crippen LogP contribution < -0.4 is 4.72 Å². The highest BCUT2D eigenvalue weighted by atomic mass is 32.2. The van der Waals surface area contributed by atoms with Crippen LogP contribution in [0.25, 0.3) is 0 Å². The minimum absolute atomic E-state index is 0.255. The van der Waals surface area contributed by atoms with Gasteiger partial charge in [0.2, 0.25) is 0 Å². The molecule has 0 spiro atoms. The number of nitrogens with zero attached hydrogens (tertiary/aromatic N) is 1. The van der Waals surface area contributed by atoms with E-state index >= 15 is 0 Å². The van der Waals surface area contributed by atoms with E-state index < -0.39 is 10.0 Å². The fourth-order valence-corrected chi connectivity index (χ4v) is 4.37. The minimum Gasteiger partial charge on any atom is -0.374 e. The molecule has 142 valence electrons. The summed E-state index contributed by atoms with van der Waals surface area (Å²) in [4.78, 5) is 4.97. The summed E-state index contributed by atoms with van der Waals surface area (Å²) in [7, 11) is -3.57. The third kappa shape index (κ3) is 3.98. The average Bonchev–Trinajstić information content (AvgIpc) is 2.99. The zero-order valence-corrected chi connectivity index (χ0v) is 16.0. The number of rotatable bonds is 6. The van der Waals surface area contributed by atoms with E-state index in [9.17, 15) is 8.42 Å². The highest BCUT2D eigenvalue weighted by Gasteiger charge is 2.31. The van der Waals surface area contributed by atoms with Crippen LogP contribution in [0.15, 0.2) is 94.8 Å². The predicted octanol–water partition coefficient (Wildman–Crippen LogP) is 3.68. The smallest absolute Gasteiger partial charge is 0.263 e. The Morgan fingerprint density at radius 1 is 0.857 bits per heavy atom. The Bertz CT molecular complexity index is 1080. The van der Waals surface area contributed by atoms with Gasteiger partial charge in [0.15, 0.2) is 0 Å². The molecule has 3 aromatic carbocycles. The number of fused-ring (bicyclic) bond motifs is 1. The Morgan fingerprint density at radius 3 is 2.25 bits per heavy atom. The van der Waals surface area contributed by atoms with Gasteiger partial charge in [0.25, 0.3) is 10.0 Å². The summed E-state index contributed by atoms with van der Waals surface area (Å²) in [6, 6.07) is 26.2. The van der Waals surface area contributed by atoms with Crippen molar-refractivity contribution in [3.63, 3.8) is 0 Å². The van der Waals surface area contributed by atoms with Crippen LogP contribution in [-0.2, 0) is 21.4 Å². The van der Waals surface area contributed by atoms with Gasteiger partial charge in [-0.3, -0.25) is 9.71 Å². The average molecular weight is 392 g/mol. The molecule has 0 aromatic heterocycles. The number of aliphatic imine (C=N–C) groups is 1. The van der Waals surface area contributed by atoms with Crippen molar-refractivity contribution < 1.29 is 13.2 Å². The summed E-state index contributed by atoms with van der Waals surface area (Å²) in [5.74, 6) is 0.354. The van der Waals surface area contributed by atoms with Crippen LogP contribution in [0.5, 0.6) is 0 Å².